The monoisotopic (exact) mass is 531 g/mol. The Morgan fingerprint density at radius 2 is 1.97 bits per heavy atom. The number of nitrogens with one attached hydrogen (secondary N) is 2. The SMILES string of the molecule is CC(C)(C)c1cnc(CN=C(NCCc2ccco2)NCCN2CCOCC2)o1.I. The summed E-state index contributed by atoms with van der Waals surface area (Å²) in [4.78, 5) is 11.4. The second-order valence-corrected chi connectivity index (χ2v) is 8.17. The van der Waals surface area contributed by atoms with Crippen molar-refractivity contribution >= 4 is 29.9 Å². The molecule has 0 bridgehead atoms. The minimum atomic E-state index is -0.0600. The molecular formula is C21H34IN5O3. The molecule has 168 valence electrons. The van der Waals surface area contributed by atoms with Crippen LogP contribution in [0.2, 0.25) is 0 Å². The van der Waals surface area contributed by atoms with E-state index in [4.69, 9.17) is 13.6 Å². The van der Waals surface area contributed by atoms with E-state index in [0.29, 0.717) is 12.4 Å². The predicted molar refractivity (Wildman–Crippen MR) is 127 cm³/mol. The Labute approximate surface area is 195 Å². The van der Waals surface area contributed by atoms with Crippen LogP contribution in [0.15, 0.2) is 38.4 Å². The topological polar surface area (TPSA) is 88.1 Å². The van der Waals surface area contributed by atoms with Gasteiger partial charge in [0.2, 0.25) is 5.89 Å². The van der Waals surface area contributed by atoms with Crippen molar-refractivity contribution in [2.45, 2.75) is 39.2 Å². The van der Waals surface area contributed by atoms with E-state index in [1.54, 1.807) is 12.5 Å². The van der Waals surface area contributed by atoms with Crippen molar-refractivity contribution < 1.29 is 13.6 Å². The van der Waals surface area contributed by atoms with Crippen LogP contribution in [0.25, 0.3) is 0 Å². The summed E-state index contributed by atoms with van der Waals surface area (Å²) < 4.78 is 16.7. The molecule has 0 radical (unpaired) electrons. The van der Waals surface area contributed by atoms with Crippen molar-refractivity contribution in [3.8, 4) is 0 Å². The van der Waals surface area contributed by atoms with E-state index in [1.807, 2.05) is 12.1 Å². The van der Waals surface area contributed by atoms with Gasteiger partial charge in [-0.3, -0.25) is 4.90 Å². The highest BCUT2D eigenvalue weighted by Crippen LogP contribution is 2.22. The summed E-state index contributed by atoms with van der Waals surface area (Å²) >= 11 is 0. The summed E-state index contributed by atoms with van der Waals surface area (Å²) in [5.74, 6) is 3.19. The molecule has 0 spiro atoms. The molecular weight excluding hydrogens is 497 g/mol. The lowest BCUT2D eigenvalue weighted by molar-refractivity contribution is 0.0389. The molecule has 1 fully saturated rings. The third-order valence-corrected chi connectivity index (χ3v) is 4.73. The molecule has 9 heteroatoms. The van der Waals surface area contributed by atoms with Crippen LogP contribution >= 0.6 is 24.0 Å². The number of oxazole rings is 1. The minimum Gasteiger partial charge on any atom is -0.469 e. The molecule has 0 unspecified atom stereocenters. The molecule has 2 aromatic heterocycles. The average molecular weight is 531 g/mol. The van der Waals surface area contributed by atoms with Gasteiger partial charge in [-0.2, -0.15) is 0 Å². The first-order valence-electron chi connectivity index (χ1n) is 10.3. The molecule has 3 rings (SSSR count). The maximum absolute atomic E-state index is 5.85. The molecule has 2 N–H and O–H groups in total. The van der Waals surface area contributed by atoms with Gasteiger partial charge in [0.05, 0.1) is 25.7 Å². The van der Waals surface area contributed by atoms with Crippen LogP contribution in [0.3, 0.4) is 0 Å². The highest BCUT2D eigenvalue weighted by molar-refractivity contribution is 14.0. The van der Waals surface area contributed by atoms with Gasteiger partial charge in [0.15, 0.2) is 5.96 Å². The average Bonchev–Trinajstić information content (AvgIpc) is 3.38. The third-order valence-electron chi connectivity index (χ3n) is 4.73. The molecule has 30 heavy (non-hydrogen) atoms. The van der Waals surface area contributed by atoms with Gasteiger partial charge in [0.25, 0.3) is 0 Å². The number of aliphatic imine (C=N–C) groups is 1. The van der Waals surface area contributed by atoms with Gasteiger partial charge in [0, 0.05) is 44.6 Å². The molecule has 0 amide bonds. The first kappa shape index (κ1) is 24.7. The van der Waals surface area contributed by atoms with Crippen molar-refractivity contribution in [3.63, 3.8) is 0 Å². The number of hydrogen-bond donors (Lipinski definition) is 2. The second kappa shape index (κ2) is 12.3. The summed E-state index contributed by atoms with van der Waals surface area (Å²) in [7, 11) is 0. The molecule has 0 aliphatic carbocycles. The van der Waals surface area contributed by atoms with Crippen molar-refractivity contribution in [1.29, 1.82) is 0 Å². The molecule has 2 aromatic rings. The van der Waals surface area contributed by atoms with Crippen LogP contribution in [0.5, 0.6) is 0 Å². The van der Waals surface area contributed by atoms with Gasteiger partial charge in [-0.1, -0.05) is 20.8 Å². The van der Waals surface area contributed by atoms with Crippen molar-refractivity contribution in [3.05, 3.63) is 42.0 Å². The van der Waals surface area contributed by atoms with E-state index >= 15 is 0 Å². The number of furan rings is 1. The number of morpholine rings is 1. The van der Waals surface area contributed by atoms with Gasteiger partial charge in [-0.25, -0.2) is 9.98 Å². The zero-order valence-corrected chi connectivity index (χ0v) is 20.5. The number of hydrogen-bond acceptors (Lipinski definition) is 6. The highest BCUT2D eigenvalue weighted by Gasteiger charge is 2.19. The van der Waals surface area contributed by atoms with Crippen LogP contribution in [-0.2, 0) is 23.1 Å². The van der Waals surface area contributed by atoms with Gasteiger partial charge >= 0.3 is 0 Å². The summed E-state index contributed by atoms with van der Waals surface area (Å²) in [6.07, 6.45) is 4.28. The van der Waals surface area contributed by atoms with Gasteiger partial charge in [0.1, 0.15) is 18.1 Å². The number of ether oxygens (including phenoxy) is 1. The van der Waals surface area contributed by atoms with E-state index in [-0.39, 0.29) is 29.4 Å². The number of rotatable bonds is 8. The number of halogens is 1. The summed E-state index contributed by atoms with van der Waals surface area (Å²) in [5, 5.41) is 6.78. The van der Waals surface area contributed by atoms with Gasteiger partial charge in [-0.15, -0.1) is 24.0 Å². The van der Waals surface area contributed by atoms with E-state index < -0.39 is 0 Å². The molecule has 8 nitrogen and oxygen atoms in total. The third kappa shape index (κ3) is 8.27. The first-order valence-corrected chi connectivity index (χ1v) is 10.3. The Morgan fingerprint density at radius 3 is 2.63 bits per heavy atom. The molecule has 0 saturated carbocycles. The zero-order chi connectivity index (χ0) is 20.5. The fourth-order valence-corrected chi connectivity index (χ4v) is 2.97. The van der Waals surface area contributed by atoms with Gasteiger partial charge in [-0.05, 0) is 12.1 Å². The van der Waals surface area contributed by atoms with Crippen molar-refractivity contribution in [2.75, 3.05) is 45.9 Å². The van der Waals surface area contributed by atoms with Crippen LogP contribution in [0, 0.1) is 0 Å². The van der Waals surface area contributed by atoms with Crippen LogP contribution in [0.4, 0.5) is 0 Å². The summed E-state index contributed by atoms with van der Waals surface area (Å²) in [6, 6.07) is 3.88. The zero-order valence-electron chi connectivity index (χ0n) is 18.1. The van der Waals surface area contributed by atoms with E-state index in [0.717, 1.165) is 69.8 Å². The van der Waals surface area contributed by atoms with Gasteiger partial charge < -0.3 is 24.2 Å². The van der Waals surface area contributed by atoms with Crippen molar-refractivity contribution in [1.82, 2.24) is 20.5 Å². The minimum absolute atomic E-state index is 0. The Balaban J connectivity index is 0.00000320. The lowest BCUT2D eigenvalue weighted by Gasteiger charge is -2.26. The van der Waals surface area contributed by atoms with Crippen LogP contribution < -0.4 is 10.6 Å². The van der Waals surface area contributed by atoms with Crippen LogP contribution in [0.1, 0.15) is 38.2 Å². The summed E-state index contributed by atoms with van der Waals surface area (Å²) in [5.41, 5.74) is -0.0600. The maximum Gasteiger partial charge on any atom is 0.216 e. The fourth-order valence-electron chi connectivity index (χ4n) is 2.97. The predicted octanol–water partition coefficient (Wildman–Crippen LogP) is 2.79. The van der Waals surface area contributed by atoms with E-state index in [9.17, 15) is 0 Å². The molecule has 1 aliphatic rings. The molecule has 1 aliphatic heterocycles. The fraction of sp³-hybridized carbons (Fsp3) is 0.619. The molecule has 1 saturated heterocycles. The number of nitrogens with zero attached hydrogens (tertiary/aromatic N) is 3. The number of aromatic nitrogens is 1. The van der Waals surface area contributed by atoms with Crippen molar-refractivity contribution in [2.24, 2.45) is 4.99 Å². The Morgan fingerprint density at radius 1 is 1.20 bits per heavy atom. The Bertz CT molecular complexity index is 749. The largest absolute Gasteiger partial charge is 0.469 e. The Hall–Kier alpha value is -1.59. The normalized spacial score (nSPS) is 15.6. The summed E-state index contributed by atoms with van der Waals surface area (Å²) in [6.45, 7) is 12.8. The lowest BCUT2D eigenvalue weighted by atomic mass is 9.94. The van der Waals surface area contributed by atoms with Crippen LogP contribution in [-0.4, -0.2) is 61.8 Å². The maximum atomic E-state index is 5.85. The molecule has 0 atom stereocenters. The lowest BCUT2D eigenvalue weighted by Crippen LogP contribution is -2.44. The number of guanidine groups is 1. The Kier molecular flexibility index (Phi) is 10.1. The molecule has 3 heterocycles. The van der Waals surface area contributed by atoms with E-state index in [1.165, 1.54) is 0 Å². The van der Waals surface area contributed by atoms with E-state index in [2.05, 4.69) is 46.3 Å². The quantitative estimate of drug-likeness (QED) is 0.308. The highest BCUT2D eigenvalue weighted by atomic mass is 127. The standard InChI is InChI=1S/C21H33N5O3.HI/c1-21(2,3)18-15-24-19(29-18)16-25-20(22-7-6-17-5-4-12-28-17)23-8-9-26-10-13-27-14-11-26;/h4-5,12,15H,6-11,13-14,16H2,1-3H3,(H2,22,23,25);1H. The molecule has 0 aromatic carbocycles. The first-order chi connectivity index (χ1) is 14.0. The smallest absolute Gasteiger partial charge is 0.216 e. The second-order valence-electron chi connectivity index (χ2n) is 8.17.